The Labute approximate surface area is 119 Å². The lowest BCUT2D eigenvalue weighted by molar-refractivity contribution is -0.0496. The number of hydrogen-bond donors (Lipinski definition) is 0. The number of ether oxygens (including phenoxy) is 2. The van der Waals surface area contributed by atoms with E-state index in [1.165, 1.54) is 10.9 Å². The third kappa shape index (κ3) is 3.61. The fraction of sp³-hybridized carbons (Fsp3) is 0.583. The number of hydrogen-bond acceptors (Lipinski definition) is 5. The molecule has 0 aliphatic carbocycles. The Morgan fingerprint density at radius 1 is 1.24 bits per heavy atom. The van der Waals surface area contributed by atoms with Gasteiger partial charge in [-0.2, -0.15) is 5.10 Å². The fourth-order valence-corrected chi connectivity index (χ4v) is 2.08. The molecule has 2 aromatic heterocycles. The molecule has 0 amide bonds. The van der Waals surface area contributed by atoms with Gasteiger partial charge in [0.2, 0.25) is 0 Å². The minimum atomic E-state index is -2.43. The minimum Gasteiger partial charge on any atom is -0.350 e. The van der Waals surface area contributed by atoms with E-state index in [0.29, 0.717) is 37.6 Å². The Kier molecular flexibility index (Phi) is 4.20. The van der Waals surface area contributed by atoms with Gasteiger partial charge in [-0.1, -0.05) is 5.21 Å². The first-order chi connectivity index (χ1) is 10.2. The SMILES string of the molecule is FC(F)Cn1ccc(-c2cn(CCC3OCCO3)nn2)n1. The first kappa shape index (κ1) is 14.1. The average molecular weight is 299 g/mol. The van der Waals surface area contributed by atoms with E-state index in [4.69, 9.17) is 9.47 Å². The lowest BCUT2D eigenvalue weighted by atomic mass is 10.3. The summed E-state index contributed by atoms with van der Waals surface area (Å²) < 4.78 is 38.1. The highest BCUT2D eigenvalue weighted by molar-refractivity contribution is 5.50. The van der Waals surface area contributed by atoms with Crippen molar-refractivity contribution in [3.63, 3.8) is 0 Å². The lowest BCUT2D eigenvalue weighted by Crippen LogP contribution is -2.12. The zero-order valence-corrected chi connectivity index (χ0v) is 11.2. The predicted molar refractivity (Wildman–Crippen MR) is 67.6 cm³/mol. The molecule has 7 nitrogen and oxygen atoms in total. The summed E-state index contributed by atoms with van der Waals surface area (Å²) in [5, 5.41) is 12.0. The van der Waals surface area contributed by atoms with Gasteiger partial charge in [-0.3, -0.25) is 9.36 Å². The zero-order chi connectivity index (χ0) is 14.7. The monoisotopic (exact) mass is 299 g/mol. The molecule has 0 radical (unpaired) electrons. The molecule has 0 spiro atoms. The van der Waals surface area contributed by atoms with E-state index in [9.17, 15) is 8.78 Å². The van der Waals surface area contributed by atoms with Gasteiger partial charge in [0.1, 0.15) is 17.9 Å². The van der Waals surface area contributed by atoms with Crippen molar-refractivity contribution in [3.05, 3.63) is 18.5 Å². The standard InChI is InChI=1S/C12H15F2N5O2/c13-11(14)8-18-3-1-9(16-18)10-7-19(17-15-10)4-2-12-20-5-6-21-12/h1,3,7,11-12H,2,4-6,8H2. The highest BCUT2D eigenvalue weighted by atomic mass is 19.3. The van der Waals surface area contributed by atoms with Gasteiger partial charge in [0.15, 0.2) is 6.29 Å². The van der Waals surface area contributed by atoms with Crippen molar-refractivity contribution in [1.82, 2.24) is 24.8 Å². The summed E-state index contributed by atoms with van der Waals surface area (Å²) in [6, 6.07) is 1.64. The van der Waals surface area contributed by atoms with Crippen molar-refractivity contribution in [1.29, 1.82) is 0 Å². The van der Waals surface area contributed by atoms with Gasteiger partial charge in [0.25, 0.3) is 6.43 Å². The maximum atomic E-state index is 12.3. The van der Waals surface area contributed by atoms with E-state index in [1.54, 1.807) is 16.9 Å². The van der Waals surface area contributed by atoms with Crippen LogP contribution in [0.2, 0.25) is 0 Å². The number of halogens is 2. The zero-order valence-electron chi connectivity index (χ0n) is 11.2. The second-order valence-corrected chi connectivity index (χ2v) is 4.64. The quantitative estimate of drug-likeness (QED) is 0.801. The first-order valence-electron chi connectivity index (χ1n) is 6.66. The van der Waals surface area contributed by atoms with Crippen LogP contribution < -0.4 is 0 Å². The van der Waals surface area contributed by atoms with Gasteiger partial charge in [-0.15, -0.1) is 5.10 Å². The Hall–Kier alpha value is -1.87. The van der Waals surface area contributed by atoms with E-state index in [2.05, 4.69) is 15.4 Å². The first-order valence-corrected chi connectivity index (χ1v) is 6.66. The number of aromatic nitrogens is 5. The van der Waals surface area contributed by atoms with Crippen LogP contribution in [-0.4, -0.2) is 50.7 Å². The molecule has 114 valence electrons. The highest BCUT2D eigenvalue weighted by Crippen LogP contribution is 2.15. The van der Waals surface area contributed by atoms with Crippen LogP contribution in [0.15, 0.2) is 18.5 Å². The molecular formula is C12H15F2N5O2. The summed E-state index contributed by atoms with van der Waals surface area (Å²) in [6.45, 7) is 1.42. The van der Waals surface area contributed by atoms with Gasteiger partial charge < -0.3 is 9.47 Å². The molecule has 2 aromatic rings. The van der Waals surface area contributed by atoms with E-state index >= 15 is 0 Å². The minimum absolute atomic E-state index is 0.192. The maximum Gasteiger partial charge on any atom is 0.257 e. The van der Waals surface area contributed by atoms with E-state index < -0.39 is 13.0 Å². The molecule has 0 bridgehead atoms. The topological polar surface area (TPSA) is 67.0 Å². The second kappa shape index (κ2) is 6.27. The molecule has 3 heterocycles. The van der Waals surface area contributed by atoms with Gasteiger partial charge in [0, 0.05) is 19.2 Å². The summed E-state index contributed by atoms with van der Waals surface area (Å²) >= 11 is 0. The van der Waals surface area contributed by atoms with Crippen molar-refractivity contribution in [2.75, 3.05) is 13.2 Å². The van der Waals surface area contributed by atoms with Crippen LogP contribution in [-0.2, 0) is 22.6 Å². The predicted octanol–water partition coefficient (Wildman–Crippen LogP) is 1.17. The van der Waals surface area contributed by atoms with Crippen molar-refractivity contribution >= 4 is 0 Å². The number of aryl methyl sites for hydroxylation is 1. The Balaban J connectivity index is 1.59. The lowest BCUT2D eigenvalue weighted by Gasteiger charge is -2.07. The molecule has 1 fully saturated rings. The van der Waals surface area contributed by atoms with E-state index in [0.717, 1.165) is 0 Å². The Morgan fingerprint density at radius 3 is 2.81 bits per heavy atom. The summed E-state index contributed by atoms with van der Waals surface area (Å²) in [5.41, 5.74) is 1.08. The molecular weight excluding hydrogens is 284 g/mol. The molecule has 1 aliphatic rings. The summed E-state index contributed by atoms with van der Waals surface area (Å²) in [6.07, 6.45) is 1.29. The Bertz CT molecular complexity index is 580. The summed E-state index contributed by atoms with van der Waals surface area (Å²) in [4.78, 5) is 0. The van der Waals surface area contributed by atoms with Crippen molar-refractivity contribution in [3.8, 4) is 11.4 Å². The van der Waals surface area contributed by atoms with Gasteiger partial charge >= 0.3 is 0 Å². The smallest absolute Gasteiger partial charge is 0.257 e. The molecule has 21 heavy (non-hydrogen) atoms. The van der Waals surface area contributed by atoms with Gasteiger partial charge in [-0.25, -0.2) is 8.78 Å². The van der Waals surface area contributed by atoms with Crippen molar-refractivity contribution in [2.24, 2.45) is 0 Å². The second-order valence-electron chi connectivity index (χ2n) is 4.64. The van der Waals surface area contributed by atoms with E-state index in [-0.39, 0.29) is 6.29 Å². The molecule has 0 saturated carbocycles. The molecule has 9 heteroatoms. The molecule has 3 rings (SSSR count). The molecule has 0 unspecified atom stereocenters. The fourth-order valence-electron chi connectivity index (χ4n) is 2.08. The third-order valence-corrected chi connectivity index (χ3v) is 3.05. The highest BCUT2D eigenvalue weighted by Gasteiger charge is 2.16. The van der Waals surface area contributed by atoms with Crippen LogP contribution in [0.4, 0.5) is 8.78 Å². The third-order valence-electron chi connectivity index (χ3n) is 3.05. The van der Waals surface area contributed by atoms with Gasteiger partial charge in [0.05, 0.1) is 19.4 Å². The molecule has 0 aromatic carbocycles. The van der Waals surface area contributed by atoms with Crippen molar-refractivity contribution in [2.45, 2.75) is 32.2 Å². The number of nitrogens with zero attached hydrogens (tertiary/aromatic N) is 5. The van der Waals surface area contributed by atoms with Crippen LogP contribution in [0, 0.1) is 0 Å². The molecule has 1 saturated heterocycles. The van der Waals surface area contributed by atoms with Crippen LogP contribution >= 0.6 is 0 Å². The van der Waals surface area contributed by atoms with Crippen LogP contribution in [0.25, 0.3) is 11.4 Å². The molecule has 0 N–H and O–H groups in total. The van der Waals surface area contributed by atoms with E-state index in [1.807, 2.05) is 0 Å². The average Bonchev–Trinajstić information content (AvgIpc) is 3.17. The molecule has 0 atom stereocenters. The largest absolute Gasteiger partial charge is 0.350 e. The number of rotatable bonds is 6. The summed E-state index contributed by atoms with van der Waals surface area (Å²) in [5.74, 6) is 0. The maximum absolute atomic E-state index is 12.3. The Morgan fingerprint density at radius 2 is 2.05 bits per heavy atom. The van der Waals surface area contributed by atoms with Crippen molar-refractivity contribution < 1.29 is 18.3 Å². The normalized spacial score (nSPS) is 16.1. The van der Waals surface area contributed by atoms with Gasteiger partial charge in [-0.05, 0) is 6.07 Å². The number of alkyl halides is 2. The van der Waals surface area contributed by atoms with Crippen LogP contribution in [0.5, 0.6) is 0 Å². The summed E-state index contributed by atoms with van der Waals surface area (Å²) in [7, 11) is 0. The van der Waals surface area contributed by atoms with Crippen LogP contribution in [0.3, 0.4) is 0 Å². The molecule has 1 aliphatic heterocycles. The van der Waals surface area contributed by atoms with Crippen LogP contribution in [0.1, 0.15) is 6.42 Å².